The summed E-state index contributed by atoms with van der Waals surface area (Å²) in [5.74, 6) is 5.08. The molecule has 0 spiro atoms. The summed E-state index contributed by atoms with van der Waals surface area (Å²) >= 11 is 5.14. The molecule has 4 saturated carbocycles. The third kappa shape index (κ3) is 3.42. The van der Waals surface area contributed by atoms with Gasteiger partial charge in [0, 0.05) is 4.75 Å². The van der Waals surface area contributed by atoms with E-state index in [1.165, 1.54) is 63.4 Å². The molecule has 23 heavy (non-hydrogen) atoms. The van der Waals surface area contributed by atoms with Crippen LogP contribution in [0.2, 0.25) is 0 Å². The van der Waals surface area contributed by atoms with Crippen LogP contribution in [0.15, 0.2) is 12.2 Å². The van der Waals surface area contributed by atoms with Crippen molar-refractivity contribution in [1.29, 1.82) is 0 Å². The van der Waals surface area contributed by atoms with Crippen LogP contribution < -0.4 is 0 Å². The monoisotopic (exact) mass is 336 g/mol. The maximum atomic E-state index is 5.14. The summed E-state index contributed by atoms with van der Waals surface area (Å²) in [6.45, 7) is 12.4. The number of hydrogen-bond acceptors (Lipinski definition) is 1. The van der Waals surface area contributed by atoms with Crippen molar-refractivity contribution in [2.75, 3.05) is 0 Å². The molecule has 134 valence electrons. The van der Waals surface area contributed by atoms with Gasteiger partial charge in [0.15, 0.2) is 0 Å². The summed E-state index contributed by atoms with van der Waals surface area (Å²) in [6, 6.07) is 0. The Balaban J connectivity index is 0.000000448. The Bertz CT molecular complexity index is 387. The first-order valence-corrected chi connectivity index (χ1v) is 11.1. The second-order valence-electron chi connectivity index (χ2n) is 7.83. The van der Waals surface area contributed by atoms with E-state index < -0.39 is 0 Å². The lowest BCUT2D eigenvalue weighted by atomic mass is 9.53. The molecule has 4 aliphatic rings. The van der Waals surface area contributed by atoms with Gasteiger partial charge in [0.2, 0.25) is 0 Å². The minimum Gasteiger partial charge on any atom is -0.168 e. The van der Waals surface area contributed by atoms with Gasteiger partial charge in [-0.1, -0.05) is 59.1 Å². The fourth-order valence-electron chi connectivity index (χ4n) is 6.39. The molecule has 0 aromatic rings. The number of rotatable bonds is 0. The molecule has 4 fully saturated rings. The Labute approximate surface area is 151 Å². The fraction of sp³-hybridized carbons (Fsp3) is 0.909. The fourth-order valence-corrected chi connectivity index (χ4v) is 6.95. The Kier molecular flexibility index (Phi) is 7.14. The van der Waals surface area contributed by atoms with E-state index in [1.54, 1.807) is 6.42 Å². The Morgan fingerprint density at radius 2 is 1.52 bits per heavy atom. The number of hydrogen-bond donors (Lipinski definition) is 1. The zero-order chi connectivity index (χ0) is 17.0. The van der Waals surface area contributed by atoms with Crippen LogP contribution >= 0.6 is 12.6 Å². The van der Waals surface area contributed by atoms with Crippen molar-refractivity contribution in [3.05, 3.63) is 12.2 Å². The maximum absolute atomic E-state index is 5.14. The molecule has 6 atom stereocenters. The third-order valence-electron chi connectivity index (χ3n) is 7.30. The summed E-state index contributed by atoms with van der Waals surface area (Å²) in [4.78, 5) is 0. The predicted octanol–water partition coefficient (Wildman–Crippen LogP) is 7.30. The predicted molar refractivity (Wildman–Crippen MR) is 107 cm³/mol. The average Bonchev–Trinajstić information content (AvgIpc) is 2.93. The van der Waals surface area contributed by atoms with Crippen LogP contribution in [-0.4, -0.2) is 4.75 Å². The van der Waals surface area contributed by atoms with Crippen LogP contribution in [0.3, 0.4) is 0 Å². The van der Waals surface area contributed by atoms with Crippen LogP contribution in [0.4, 0.5) is 0 Å². The Morgan fingerprint density at radius 1 is 0.826 bits per heavy atom. The van der Waals surface area contributed by atoms with Crippen molar-refractivity contribution < 1.29 is 0 Å². The molecule has 0 aromatic heterocycles. The van der Waals surface area contributed by atoms with Crippen LogP contribution in [0.25, 0.3) is 0 Å². The van der Waals surface area contributed by atoms with E-state index in [4.69, 9.17) is 12.6 Å². The average molecular weight is 337 g/mol. The lowest BCUT2D eigenvalue weighted by molar-refractivity contribution is -0.00707. The molecule has 0 aliphatic heterocycles. The zero-order valence-electron chi connectivity index (χ0n) is 16.1. The summed E-state index contributed by atoms with van der Waals surface area (Å²) in [5, 5.41) is 0. The van der Waals surface area contributed by atoms with E-state index in [1.807, 2.05) is 27.7 Å². The van der Waals surface area contributed by atoms with Crippen LogP contribution in [-0.2, 0) is 0 Å². The molecule has 1 heteroatoms. The van der Waals surface area contributed by atoms with Crippen molar-refractivity contribution in [1.82, 2.24) is 0 Å². The second-order valence-corrected chi connectivity index (χ2v) is 8.62. The van der Waals surface area contributed by atoms with Crippen molar-refractivity contribution in [3.8, 4) is 0 Å². The van der Waals surface area contributed by atoms with Crippen LogP contribution in [0.1, 0.15) is 91.9 Å². The van der Waals surface area contributed by atoms with Crippen molar-refractivity contribution in [2.45, 2.75) is 96.7 Å². The van der Waals surface area contributed by atoms with Gasteiger partial charge >= 0.3 is 0 Å². The van der Waals surface area contributed by atoms with Gasteiger partial charge in [0.25, 0.3) is 0 Å². The highest BCUT2D eigenvalue weighted by atomic mass is 32.1. The molecule has 0 saturated heterocycles. The first-order valence-electron chi connectivity index (χ1n) is 10.6. The second kappa shape index (κ2) is 8.45. The first-order chi connectivity index (χ1) is 11.2. The molecule has 0 amide bonds. The molecule has 0 aromatic carbocycles. The minimum atomic E-state index is 0.225. The molecular weight excluding hydrogens is 296 g/mol. The van der Waals surface area contributed by atoms with Gasteiger partial charge in [-0.05, 0) is 74.5 Å². The quantitative estimate of drug-likeness (QED) is 0.348. The van der Waals surface area contributed by atoms with E-state index >= 15 is 0 Å². The summed E-state index contributed by atoms with van der Waals surface area (Å²) in [5.41, 5.74) is 1.46. The van der Waals surface area contributed by atoms with Gasteiger partial charge in [-0.3, -0.25) is 0 Å². The maximum Gasteiger partial charge on any atom is 0.0366 e. The van der Waals surface area contributed by atoms with Gasteiger partial charge in [-0.2, -0.15) is 12.6 Å². The molecule has 0 heterocycles. The van der Waals surface area contributed by atoms with E-state index in [9.17, 15) is 0 Å². The smallest absolute Gasteiger partial charge is 0.0366 e. The topological polar surface area (TPSA) is 0 Å². The first kappa shape index (κ1) is 19.4. The molecule has 6 unspecified atom stereocenters. The van der Waals surface area contributed by atoms with E-state index in [0.717, 1.165) is 29.6 Å². The summed E-state index contributed by atoms with van der Waals surface area (Å²) in [7, 11) is 0. The van der Waals surface area contributed by atoms with Crippen LogP contribution in [0, 0.1) is 29.6 Å². The highest BCUT2D eigenvalue weighted by Crippen LogP contribution is 2.62. The van der Waals surface area contributed by atoms with Gasteiger partial charge < -0.3 is 0 Å². The normalized spacial score (nSPS) is 44.6. The largest absolute Gasteiger partial charge is 0.168 e. The van der Waals surface area contributed by atoms with Gasteiger partial charge in [0.1, 0.15) is 0 Å². The zero-order valence-corrected chi connectivity index (χ0v) is 17.0. The Morgan fingerprint density at radius 3 is 2.26 bits per heavy atom. The van der Waals surface area contributed by atoms with Crippen molar-refractivity contribution in [2.24, 2.45) is 29.6 Å². The van der Waals surface area contributed by atoms with Gasteiger partial charge in [-0.15, -0.1) is 0 Å². The minimum absolute atomic E-state index is 0.225. The number of thiol groups is 1. The molecule has 0 nitrogen and oxygen atoms in total. The van der Waals surface area contributed by atoms with E-state index in [0.29, 0.717) is 0 Å². The molecule has 0 N–H and O–H groups in total. The number of fused-ring (bicyclic) bond motifs is 5. The van der Waals surface area contributed by atoms with Crippen molar-refractivity contribution in [3.63, 3.8) is 0 Å². The SMILES string of the molecule is C=C1CCC2C3CCC4CCCCC4C3CCC12S.CC.CC. The molecule has 0 radical (unpaired) electrons. The standard InChI is InChI=1S/C18H28S.2C2H6/c1-12-6-9-17-16-8-7-13-4-2-3-5-14(13)15(16)10-11-18(12,17)19;2*1-2/h13-17,19H,1-11H2;2*1-2H3. The summed E-state index contributed by atoms with van der Waals surface area (Å²) < 4.78 is 0.225. The lowest BCUT2D eigenvalue weighted by Crippen LogP contribution is -2.48. The molecule has 4 rings (SSSR count). The van der Waals surface area contributed by atoms with Gasteiger partial charge in [-0.25, -0.2) is 0 Å². The highest BCUT2D eigenvalue weighted by Gasteiger charge is 2.54. The summed E-state index contributed by atoms with van der Waals surface area (Å²) in [6.07, 6.45) is 14.5. The Hall–Kier alpha value is 0.0900. The highest BCUT2D eigenvalue weighted by molar-refractivity contribution is 7.82. The lowest BCUT2D eigenvalue weighted by Gasteiger charge is -2.54. The van der Waals surface area contributed by atoms with E-state index in [2.05, 4.69) is 6.58 Å². The van der Waals surface area contributed by atoms with E-state index in [-0.39, 0.29) is 4.75 Å². The van der Waals surface area contributed by atoms with Crippen LogP contribution in [0.5, 0.6) is 0 Å². The molecule has 0 bridgehead atoms. The molecule has 4 aliphatic carbocycles. The van der Waals surface area contributed by atoms with Crippen molar-refractivity contribution >= 4 is 12.6 Å². The third-order valence-corrected chi connectivity index (χ3v) is 8.17. The molecular formula is C22H40S. The van der Waals surface area contributed by atoms with Gasteiger partial charge in [0.05, 0.1) is 0 Å².